The van der Waals surface area contributed by atoms with Crippen LogP contribution in [0.25, 0.3) is 0 Å². The largest absolute Gasteiger partial charge is 0.312 e. The lowest BCUT2D eigenvalue weighted by Gasteiger charge is -2.06. The minimum absolute atomic E-state index is 0.963. The van der Waals surface area contributed by atoms with Gasteiger partial charge in [-0.15, -0.1) is 0 Å². The van der Waals surface area contributed by atoms with E-state index in [1.807, 2.05) is 11.8 Å². The van der Waals surface area contributed by atoms with Crippen LogP contribution in [0.3, 0.4) is 0 Å². The second-order valence-electron chi connectivity index (χ2n) is 5.21. The zero-order valence-electron chi connectivity index (χ0n) is 12.4. The molecule has 20 heavy (non-hydrogen) atoms. The van der Waals surface area contributed by atoms with Crippen LogP contribution in [0.2, 0.25) is 0 Å². The molecule has 0 saturated heterocycles. The lowest BCUT2D eigenvalue weighted by molar-refractivity contribution is 0.732. The van der Waals surface area contributed by atoms with Gasteiger partial charge in [-0.05, 0) is 25.0 Å². The number of nitrogens with one attached hydrogen (secondary N) is 1. The van der Waals surface area contributed by atoms with E-state index >= 15 is 0 Å². The molecule has 0 unspecified atom stereocenters. The summed E-state index contributed by atoms with van der Waals surface area (Å²) in [5.41, 5.74) is 5.52. The van der Waals surface area contributed by atoms with Gasteiger partial charge < -0.3 is 5.32 Å². The lowest BCUT2D eigenvalue weighted by atomic mass is 10.1. The second-order valence-corrected chi connectivity index (χ2v) is 6.32. The molecule has 0 spiro atoms. The van der Waals surface area contributed by atoms with Crippen molar-refractivity contribution < 1.29 is 0 Å². The monoisotopic (exact) mass is 285 g/mol. The zero-order chi connectivity index (χ0) is 14.2. The molecule has 0 fully saturated rings. The van der Waals surface area contributed by atoms with Crippen LogP contribution in [0.5, 0.6) is 0 Å². The highest BCUT2D eigenvalue weighted by Gasteiger charge is 1.97. The van der Waals surface area contributed by atoms with Gasteiger partial charge in [-0.3, -0.25) is 0 Å². The van der Waals surface area contributed by atoms with E-state index in [0.29, 0.717) is 0 Å². The van der Waals surface area contributed by atoms with Gasteiger partial charge in [0.15, 0.2) is 0 Å². The first kappa shape index (κ1) is 15.1. The Morgan fingerprint density at radius 2 is 1.60 bits per heavy atom. The summed E-state index contributed by atoms with van der Waals surface area (Å²) >= 11 is 2.00. The fourth-order valence-corrected chi connectivity index (χ4v) is 3.15. The zero-order valence-corrected chi connectivity index (χ0v) is 13.2. The van der Waals surface area contributed by atoms with Gasteiger partial charge in [0.1, 0.15) is 0 Å². The molecule has 2 rings (SSSR count). The third-order valence-corrected chi connectivity index (χ3v) is 4.18. The topological polar surface area (TPSA) is 12.0 Å². The molecule has 0 aliphatic heterocycles. The third kappa shape index (κ3) is 5.40. The molecule has 0 radical (unpaired) electrons. The van der Waals surface area contributed by atoms with Crippen LogP contribution in [-0.2, 0) is 12.3 Å². The van der Waals surface area contributed by atoms with E-state index in [9.17, 15) is 0 Å². The number of aryl methyl sites for hydroxylation is 2. The van der Waals surface area contributed by atoms with E-state index in [-0.39, 0.29) is 0 Å². The first-order valence-electron chi connectivity index (χ1n) is 7.13. The summed E-state index contributed by atoms with van der Waals surface area (Å²) < 4.78 is 0. The Morgan fingerprint density at radius 1 is 0.900 bits per heavy atom. The summed E-state index contributed by atoms with van der Waals surface area (Å²) in [6, 6.07) is 17.4. The van der Waals surface area contributed by atoms with Crippen molar-refractivity contribution in [2.75, 3.05) is 12.3 Å². The molecule has 0 aromatic heterocycles. The number of benzene rings is 2. The van der Waals surface area contributed by atoms with E-state index in [1.165, 1.54) is 22.3 Å². The first-order chi connectivity index (χ1) is 9.74. The van der Waals surface area contributed by atoms with Gasteiger partial charge in [-0.25, -0.2) is 0 Å². The first-order valence-corrected chi connectivity index (χ1v) is 8.29. The highest BCUT2D eigenvalue weighted by Crippen LogP contribution is 2.15. The predicted molar refractivity (Wildman–Crippen MR) is 90.2 cm³/mol. The van der Waals surface area contributed by atoms with Gasteiger partial charge in [-0.2, -0.15) is 11.8 Å². The van der Waals surface area contributed by atoms with E-state index < -0.39 is 0 Å². The summed E-state index contributed by atoms with van der Waals surface area (Å²) in [4.78, 5) is 0. The van der Waals surface area contributed by atoms with Gasteiger partial charge in [0.05, 0.1) is 0 Å². The average molecular weight is 285 g/mol. The summed E-state index contributed by atoms with van der Waals surface area (Å²) in [6.07, 6.45) is 0. The minimum atomic E-state index is 0.963. The van der Waals surface area contributed by atoms with Crippen molar-refractivity contribution in [1.82, 2.24) is 5.32 Å². The molecule has 2 aromatic carbocycles. The smallest absolute Gasteiger partial charge is 0.0205 e. The molecule has 0 saturated carbocycles. The Labute approximate surface area is 126 Å². The highest BCUT2D eigenvalue weighted by atomic mass is 32.2. The molecule has 106 valence electrons. The van der Waals surface area contributed by atoms with Gasteiger partial charge in [0, 0.05) is 24.6 Å². The van der Waals surface area contributed by atoms with Crippen LogP contribution < -0.4 is 5.32 Å². The molecular formula is C18H23NS. The predicted octanol–water partition coefficient (Wildman–Crippen LogP) is 4.33. The molecule has 2 aromatic rings. The Morgan fingerprint density at radius 3 is 2.30 bits per heavy atom. The number of thioether (sulfide) groups is 1. The van der Waals surface area contributed by atoms with E-state index in [0.717, 1.165) is 24.6 Å². The van der Waals surface area contributed by atoms with Crippen molar-refractivity contribution >= 4 is 11.8 Å². The molecule has 2 heteroatoms. The van der Waals surface area contributed by atoms with E-state index in [1.54, 1.807) is 0 Å². The average Bonchev–Trinajstić information content (AvgIpc) is 2.43. The maximum absolute atomic E-state index is 3.49. The quantitative estimate of drug-likeness (QED) is 0.760. The standard InChI is InChI=1S/C18H23NS/c1-15-10-16(2)12-18(11-15)14-20-9-8-19-13-17-6-4-3-5-7-17/h3-7,10-12,19H,8-9,13-14H2,1-2H3. The van der Waals surface area contributed by atoms with Crippen LogP contribution in [0.4, 0.5) is 0 Å². The summed E-state index contributed by atoms with van der Waals surface area (Å²) in [7, 11) is 0. The second kappa shape index (κ2) is 8.13. The molecule has 0 heterocycles. The van der Waals surface area contributed by atoms with Crippen LogP contribution in [0.1, 0.15) is 22.3 Å². The summed E-state index contributed by atoms with van der Waals surface area (Å²) in [6.45, 7) is 6.36. The molecule has 1 nitrogen and oxygen atoms in total. The molecule has 0 atom stereocenters. The van der Waals surface area contributed by atoms with Gasteiger partial charge in [-0.1, -0.05) is 59.7 Å². The fourth-order valence-electron chi connectivity index (χ4n) is 2.32. The van der Waals surface area contributed by atoms with Crippen molar-refractivity contribution in [1.29, 1.82) is 0 Å². The number of hydrogen-bond donors (Lipinski definition) is 1. The van der Waals surface area contributed by atoms with E-state index in [4.69, 9.17) is 0 Å². The molecule has 0 aliphatic rings. The summed E-state index contributed by atoms with van der Waals surface area (Å²) in [5, 5.41) is 3.49. The van der Waals surface area contributed by atoms with Gasteiger partial charge in [0.25, 0.3) is 0 Å². The van der Waals surface area contributed by atoms with Crippen molar-refractivity contribution in [2.45, 2.75) is 26.1 Å². The Kier molecular flexibility index (Phi) is 6.16. The van der Waals surface area contributed by atoms with Gasteiger partial charge >= 0.3 is 0 Å². The maximum Gasteiger partial charge on any atom is 0.0205 e. The molecule has 0 amide bonds. The Balaban J connectivity index is 1.62. The minimum Gasteiger partial charge on any atom is -0.312 e. The molecule has 0 bridgehead atoms. The van der Waals surface area contributed by atoms with Crippen LogP contribution in [0.15, 0.2) is 48.5 Å². The Bertz CT molecular complexity index is 502. The number of hydrogen-bond acceptors (Lipinski definition) is 2. The van der Waals surface area contributed by atoms with Crippen molar-refractivity contribution in [3.8, 4) is 0 Å². The highest BCUT2D eigenvalue weighted by molar-refractivity contribution is 7.98. The van der Waals surface area contributed by atoms with Crippen LogP contribution in [-0.4, -0.2) is 12.3 Å². The van der Waals surface area contributed by atoms with Crippen LogP contribution in [0, 0.1) is 13.8 Å². The maximum atomic E-state index is 3.49. The number of rotatable bonds is 7. The van der Waals surface area contributed by atoms with Crippen molar-refractivity contribution in [3.63, 3.8) is 0 Å². The summed E-state index contributed by atoms with van der Waals surface area (Å²) in [5.74, 6) is 2.26. The fraction of sp³-hybridized carbons (Fsp3) is 0.333. The van der Waals surface area contributed by atoms with E-state index in [2.05, 4.69) is 67.7 Å². The normalized spacial score (nSPS) is 10.7. The van der Waals surface area contributed by atoms with Crippen LogP contribution >= 0.6 is 11.8 Å². The molecular weight excluding hydrogens is 262 g/mol. The Hall–Kier alpha value is -1.25. The lowest BCUT2D eigenvalue weighted by Crippen LogP contribution is -2.16. The van der Waals surface area contributed by atoms with Crippen molar-refractivity contribution in [2.24, 2.45) is 0 Å². The third-order valence-electron chi connectivity index (χ3n) is 3.15. The SMILES string of the molecule is Cc1cc(C)cc(CSCCNCc2ccccc2)c1. The van der Waals surface area contributed by atoms with Gasteiger partial charge in [0.2, 0.25) is 0 Å². The van der Waals surface area contributed by atoms with Crippen molar-refractivity contribution in [3.05, 3.63) is 70.8 Å². The molecule has 1 N–H and O–H groups in total. The molecule has 0 aliphatic carbocycles.